The normalized spacial score (nSPS) is 12.2. The Hall–Kier alpha value is -7.76. The number of para-hydroxylation sites is 4. The zero-order valence-electron chi connectivity index (χ0n) is 30.5. The highest BCUT2D eigenvalue weighted by atomic mass is 16.3. The Morgan fingerprint density at radius 2 is 1.02 bits per heavy atom. The second-order valence-corrected chi connectivity index (χ2v) is 14.9. The van der Waals surface area contributed by atoms with E-state index in [0.29, 0.717) is 11.7 Å². The Bertz CT molecular complexity index is 3630. The predicted octanol–water partition coefficient (Wildman–Crippen LogP) is 13.6. The van der Waals surface area contributed by atoms with Crippen LogP contribution in [0, 0.1) is 0 Å². The van der Waals surface area contributed by atoms with E-state index >= 15 is 0 Å². The molecule has 0 fully saturated rings. The Kier molecular flexibility index (Phi) is 6.10. The van der Waals surface area contributed by atoms with E-state index in [1.54, 1.807) is 0 Å². The fraction of sp³-hybridized carbons (Fsp3) is 0. The summed E-state index contributed by atoms with van der Waals surface area (Å²) in [5, 5.41) is 6.61. The first-order chi connectivity index (χ1) is 28.3. The zero-order valence-corrected chi connectivity index (χ0v) is 30.5. The molecule has 5 nitrogen and oxygen atoms in total. The molecule has 0 amide bonds. The molecule has 0 saturated heterocycles. The van der Waals surface area contributed by atoms with Gasteiger partial charge in [-0.15, -0.1) is 0 Å². The molecule has 57 heavy (non-hydrogen) atoms. The fourth-order valence-electron chi connectivity index (χ4n) is 9.50. The molecular weight excluding hydrogens is 697 g/mol. The summed E-state index contributed by atoms with van der Waals surface area (Å²) in [5.74, 6) is 0.565. The number of hydrogen-bond acceptors (Lipinski definition) is 3. The fourth-order valence-corrected chi connectivity index (χ4v) is 9.50. The molecule has 5 heterocycles. The summed E-state index contributed by atoms with van der Waals surface area (Å²) in [5.41, 5.74) is 16.0. The average Bonchev–Trinajstić information content (AvgIpc) is 3.90. The minimum atomic E-state index is 0.561. The summed E-state index contributed by atoms with van der Waals surface area (Å²) in [4.78, 5) is 10.8. The van der Waals surface area contributed by atoms with E-state index in [0.717, 1.165) is 49.6 Å². The quantitative estimate of drug-likeness (QED) is 0.182. The lowest BCUT2D eigenvalue weighted by atomic mass is 9.91. The number of benzene rings is 8. The van der Waals surface area contributed by atoms with Crippen LogP contribution < -0.4 is 0 Å². The van der Waals surface area contributed by atoms with Crippen molar-refractivity contribution >= 4 is 65.7 Å². The molecule has 12 aromatic rings. The van der Waals surface area contributed by atoms with Gasteiger partial charge in [0.05, 0.1) is 38.8 Å². The monoisotopic (exact) mass is 726 g/mol. The SMILES string of the molecule is c1ccc(-c2ccc(-c3nc(-n4c5ccccc5c5c6c7c(cc54)c4ccccc4n7-c4ccccc4-c4ccccc4-6)nc4oc5ccccc5c34)cc2)cc1. The maximum Gasteiger partial charge on any atom is 0.238 e. The van der Waals surface area contributed by atoms with Crippen molar-refractivity contribution < 1.29 is 4.42 Å². The van der Waals surface area contributed by atoms with E-state index in [9.17, 15) is 0 Å². The lowest BCUT2D eigenvalue weighted by Gasteiger charge is -2.12. The number of nitrogens with zero attached hydrogens (tertiary/aromatic N) is 4. The van der Waals surface area contributed by atoms with E-state index < -0.39 is 0 Å². The average molecular weight is 727 g/mol. The van der Waals surface area contributed by atoms with Crippen LogP contribution in [0.4, 0.5) is 0 Å². The van der Waals surface area contributed by atoms with Crippen molar-refractivity contribution in [2.45, 2.75) is 0 Å². The summed E-state index contributed by atoms with van der Waals surface area (Å²) >= 11 is 0. The summed E-state index contributed by atoms with van der Waals surface area (Å²) in [7, 11) is 0. The van der Waals surface area contributed by atoms with Crippen molar-refractivity contribution in [2.24, 2.45) is 0 Å². The van der Waals surface area contributed by atoms with Crippen LogP contribution in [0.3, 0.4) is 0 Å². The van der Waals surface area contributed by atoms with E-state index in [1.807, 2.05) is 24.3 Å². The van der Waals surface area contributed by atoms with Gasteiger partial charge in [0.2, 0.25) is 11.7 Å². The first-order valence-electron chi connectivity index (χ1n) is 19.3. The number of fused-ring (bicyclic) bond motifs is 15. The van der Waals surface area contributed by atoms with Crippen LogP contribution in [0.25, 0.3) is 122 Å². The largest absolute Gasteiger partial charge is 0.437 e. The maximum absolute atomic E-state index is 6.59. The minimum Gasteiger partial charge on any atom is -0.437 e. The third kappa shape index (κ3) is 4.17. The van der Waals surface area contributed by atoms with Gasteiger partial charge in [0, 0.05) is 43.6 Å². The van der Waals surface area contributed by atoms with Gasteiger partial charge < -0.3 is 8.98 Å². The molecule has 0 N–H and O–H groups in total. The Labute approximate surface area is 326 Å². The second kappa shape index (κ2) is 11.4. The number of aromatic nitrogens is 4. The van der Waals surface area contributed by atoms with Crippen LogP contribution in [-0.4, -0.2) is 19.1 Å². The number of hydrogen-bond donors (Lipinski definition) is 0. The topological polar surface area (TPSA) is 48.8 Å². The third-order valence-corrected chi connectivity index (χ3v) is 11.9. The lowest BCUT2D eigenvalue weighted by Crippen LogP contribution is -2.03. The third-order valence-electron chi connectivity index (χ3n) is 11.9. The van der Waals surface area contributed by atoms with Crippen molar-refractivity contribution in [1.82, 2.24) is 19.1 Å². The summed E-state index contributed by atoms with van der Waals surface area (Å²) in [6, 6.07) is 64.8. The highest BCUT2D eigenvalue weighted by Gasteiger charge is 2.29. The molecule has 0 radical (unpaired) electrons. The lowest BCUT2D eigenvalue weighted by molar-refractivity contribution is 0.651. The van der Waals surface area contributed by atoms with Crippen LogP contribution in [0.15, 0.2) is 186 Å². The minimum absolute atomic E-state index is 0.561. The molecule has 4 aromatic heterocycles. The van der Waals surface area contributed by atoms with Gasteiger partial charge in [-0.1, -0.05) is 152 Å². The van der Waals surface area contributed by atoms with Crippen molar-refractivity contribution in [3.05, 3.63) is 182 Å². The van der Waals surface area contributed by atoms with Crippen molar-refractivity contribution in [1.29, 1.82) is 0 Å². The van der Waals surface area contributed by atoms with Crippen LogP contribution >= 0.6 is 0 Å². The van der Waals surface area contributed by atoms with Crippen molar-refractivity contribution in [2.75, 3.05) is 0 Å². The molecule has 8 aromatic carbocycles. The van der Waals surface area contributed by atoms with Crippen molar-refractivity contribution in [3.63, 3.8) is 0 Å². The van der Waals surface area contributed by atoms with E-state index in [2.05, 4.69) is 167 Å². The number of rotatable bonds is 3. The van der Waals surface area contributed by atoms with Crippen LogP contribution in [0.1, 0.15) is 0 Å². The first-order valence-corrected chi connectivity index (χ1v) is 19.3. The molecule has 0 atom stereocenters. The summed E-state index contributed by atoms with van der Waals surface area (Å²) < 4.78 is 11.3. The first kappa shape index (κ1) is 30.6. The molecule has 5 heteroatoms. The highest BCUT2D eigenvalue weighted by Crippen LogP contribution is 2.51. The molecule has 1 aliphatic rings. The summed E-state index contributed by atoms with van der Waals surface area (Å²) in [6.45, 7) is 0. The van der Waals surface area contributed by atoms with Crippen LogP contribution in [-0.2, 0) is 0 Å². The van der Waals surface area contributed by atoms with Gasteiger partial charge in [-0.2, -0.15) is 4.98 Å². The highest BCUT2D eigenvalue weighted by molar-refractivity contribution is 6.28. The van der Waals surface area contributed by atoms with Gasteiger partial charge in [0.1, 0.15) is 5.58 Å². The Balaban J connectivity index is 1.18. The molecule has 13 rings (SSSR count). The zero-order chi connectivity index (χ0) is 37.2. The van der Waals surface area contributed by atoms with E-state index in [4.69, 9.17) is 14.4 Å². The predicted molar refractivity (Wildman–Crippen MR) is 233 cm³/mol. The smallest absolute Gasteiger partial charge is 0.238 e. The molecule has 1 aliphatic heterocycles. The maximum atomic E-state index is 6.59. The molecular formula is C52H30N4O. The molecule has 264 valence electrons. The Morgan fingerprint density at radius 1 is 0.404 bits per heavy atom. The molecule has 0 bridgehead atoms. The van der Waals surface area contributed by atoms with Crippen molar-refractivity contribution in [3.8, 4) is 56.3 Å². The van der Waals surface area contributed by atoms with Gasteiger partial charge in [-0.3, -0.25) is 4.57 Å². The van der Waals surface area contributed by atoms with E-state index in [1.165, 1.54) is 60.7 Å². The number of furan rings is 1. The van der Waals surface area contributed by atoms with Gasteiger partial charge in [-0.05, 0) is 52.6 Å². The van der Waals surface area contributed by atoms with Crippen LogP contribution in [0.2, 0.25) is 0 Å². The standard InChI is InChI=1S/C52H30N4O/c1-2-14-31(15-3-1)32-26-28-33(29-27-32)49-48-39-21-9-13-25-45(39)57-51(48)54-52(53-49)56-43-24-12-8-20-38(43)46-44(56)30-40-36-18-7-11-23-42(36)55-41-22-10-6-17-35(41)34-16-4-5-19-37(34)47(46)50(40)55/h1-30H. The molecule has 0 unspecified atom stereocenters. The molecule has 0 spiro atoms. The van der Waals surface area contributed by atoms with Crippen LogP contribution in [0.5, 0.6) is 0 Å². The second-order valence-electron chi connectivity index (χ2n) is 14.9. The van der Waals surface area contributed by atoms with Gasteiger partial charge in [0.15, 0.2) is 0 Å². The molecule has 0 saturated carbocycles. The Morgan fingerprint density at radius 3 is 1.84 bits per heavy atom. The van der Waals surface area contributed by atoms with Gasteiger partial charge >= 0.3 is 0 Å². The van der Waals surface area contributed by atoms with E-state index in [-0.39, 0.29) is 0 Å². The van der Waals surface area contributed by atoms with Gasteiger partial charge in [0.25, 0.3) is 0 Å². The molecule has 0 aliphatic carbocycles. The van der Waals surface area contributed by atoms with Gasteiger partial charge in [-0.25, -0.2) is 4.98 Å². The summed E-state index contributed by atoms with van der Waals surface area (Å²) in [6.07, 6.45) is 0.